The van der Waals surface area contributed by atoms with Gasteiger partial charge in [-0.05, 0) is 49.5 Å². The van der Waals surface area contributed by atoms with E-state index in [9.17, 15) is 22.8 Å². The van der Waals surface area contributed by atoms with Crippen molar-refractivity contribution in [2.75, 3.05) is 7.05 Å². The van der Waals surface area contributed by atoms with Crippen molar-refractivity contribution in [1.29, 1.82) is 0 Å². The summed E-state index contributed by atoms with van der Waals surface area (Å²) in [5, 5.41) is 4.15. The lowest BCUT2D eigenvalue weighted by molar-refractivity contribution is -0.140. The zero-order valence-corrected chi connectivity index (χ0v) is 22.6. The number of carbonyl (C=O) groups is 2. The van der Waals surface area contributed by atoms with Crippen LogP contribution < -0.4 is 0 Å². The van der Waals surface area contributed by atoms with Gasteiger partial charge in [0.15, 0.2) is 17.4 Å². The first-order valence-electron chi connectivity index (χ1n) is 12.6. The van der Waals surface area contributed by atoms with Gasteiger partial charge in [0.05, 0.1) is 23.0 Å². The maximum atomic E-state index is 13.0. The van der Waals surface area contributed by atoms with Gasteiger partial charge >= 0.3 is 6.18 Å². The van der Waals surface area contributed by atoms with Crippen LogP contribution >= 0.6 is 0 Å². The second kappa shape index (κ2) is 10.7. The summed E-state index contributed by atoms with van der Waals surface area (Å²) in [4.78, 5) is 40.1. The number of hydrogen-bond acceptors (Lipinski definition) is 6. The zero-order valence-electron chi connectivity index (χ0n) is 22.6. The van der Waals surface area contributed by atoms with E-state index in [-0.39, 0.29) is 30.0 Å². The van der Waals surface area contributed by atoms with E-state index < -0.39 is 17.2 Å². The average Bonchev–Trinajstić information content (AvgIpc) is 3.28. The summed E-state index contributed by atoms with van der Waals surface area (Å²) in [6.45, 7) is 7.41. The number of allylic oxidation sites excluding steroid dienone is 1. The fourth-order valence-electron chi connectivity index (χ4n) is 4.56. The van der Waals surface area contributed by atoms with E-state index in [2.05, 4.69) is 26.1 Å². The third kappa shape index (κ3) is 6.23. The van der Waals surface area contributed by atoms with Gasteiger partial charge in [-0.3, -0.25) is 9.59 Å². The lowest BCUT2D eigenvalue weighted by atomic mass is 9.90. The minimum atomic E-state index is -4.48. The summed E-state index contributed by atoms with van der Waals surface area (Å²) in [6.07, 6.45) is 5.32. The van der Waals surface area contributed by atoms with Gasteiger partial charge in [0, 0.05) is 43.5 Å². The van der Waals surface area contributed by atoms with Gasteiger partial charge in [0.25, 0.3) is 0 Å². The highest BCUT2D eigenvalue weighted by atomic mass is 19.4. The number of carbonyl (C=O) groups excluding carboxylic acids is 2. The third-order valence-electron chi connectivity index (χ3n) is 6.85. The van der Waals surface area contributed by atoms with Crippen LogP contribution in [0.4, 0.5) is 13.2 Å². The average molecular weight is 541 g/mol. The molecule has 0 aliphatic heterocycles. The fourth-order valence-corrected chi connectivity index (χ4v) is 4.56. The molecule has 206 valence electrons. The molecule has 0 spiro atoms. The zero-order chi connectivity index (χ0) is 28.5. The first kappa shape index (κ1) is 28.1. The quantitative estimate of drug-likeness (QED) is 0.397. The Labute approximate surface area is 225 Å². The molecule has 3 aromatic heterocycles. The van der Waals surface area contributed by atoms with Crippen LogP contribution in [0.2, 0.25) is 0 Å². The van der Waals surface area contributed by atoms with Crippen LogP contribution in [0.15, 0.2) is 43.0 Å². The summed E-state index contributed by atoms with van der Waals surface area (Å²) in [6, 6.07) is 2.28. The molecule has 1 atom stereocenters. The monoisotopic (exact) mass is 540 g/mol. The Kier molecular flexibility index (Phi) is 7.72. The molecule has 0 aromatic carbocycles. The van der Waals surface area contributed by atoms with E-state index in [1.807, 2.05) is 32.7 Å². The van der Waals surface area contributed by atoms with Crippen LogP contribution in [0, 0.1) is 12.3 Å². The van der Waals surface area contributed by atoms with E-state index >= 15 is 0 Å². The number of Topliss-reactive ketones (excluding diaryl/α,β-unsaturated/α-hetero) is 1. The molecule has 3 aromatic rings. The predicted molar refractivity (Wildman–Crippen MR) is 139 cm³/mol. The molecule has 0 radical (unpaired) electrons. The summed E-state index contributed by atoms with van der Waals surface area (Å²) in [5.41, 5.74) is 1.18. The van der Waals surface area contributed by atoms with E-state index in [1.54, 1.807) is 19.3 Å². The Hall–Kier alpha value is -3.89. The molecule has 1 amide bonds. The number of rotatable bonds is 6. The molecular formula is C28H31F3N6O2. The molecule has 0 saturated heterocycles. The molecule has 4 rings (SSSR count). The van der Waals surface area contributed by atoms with Crippen LogP contribution in [0.1, 0.15) is 73.0 Å². The van der Waals surface area contributed by atoms with Crippen molar-refractivity contribution in [2.24, 2.45) is 5.41 Å². The highest BCUT2D eigenvalue weighted by Gasteiger charge is 2.31. The Balaban J connectivity index is 1.40. The summed E-state index contributed by atoms with van der Waals surface area (Å²) < 4.78 is 39.8. The fraction of sp³-hybridized carbons (Fsp3) is 0.429. The summed E-state index contributed by atoms with van der Waals surface area (Å²) in [7, 11) is 1.85. The van der Waals surface area contributed by atoms with Crippen molar-refractivity contribution >= 4 is 17.3 Å². The topological polar surface area (TPSA) is 93.9 Å². The van der Waals surface area contributed by atoms with E-state index in [0.29, 0.717) is 22.6 Å². The maximum Gasteiger partial charge on any atom is 0.417 e. The largest absolute Gasteiger partial charge is 0.417 e. The van der Waals surface area contributed by atoms with Crippen LogP contribution in [0.25, 0.3) is 11.4 Å². The van der Waals surface area contributed by atoms with Crippen molar-refractivity contribution in [1.82, 2.24) is 29.6 Å². The first-order valence-corrected chi connectivity index (χ1v) is 12.6. The van der Waals surface area contributed by atoms with Crippen molar-refractivity contribution in [3.05, 3.63) is 71.2 Å². The highest BCUT2D eigenvalue weighted by Crippen LogP contribution is 2.30. The van der Waals surface area contributed by atoms with E-state index in [4.69, 9.17) is 0 Å². The molecule has 0 saturated carbocycles. The molecule has 39 heavy (non-hydrogen) atoms. The number of amides is 1. The molecular weight excluding hydrogens is 509 g/mol. The van der Waals surface area contributed by atoms with Gasteiger partial charge in [0.1, 0.15) is 0 Å². The number of pyridine rings is 1. The molecule has 1 aliphatic carbocycles. The van der Waals surface area contributed by atoms with Crippen LogP contribution in [0.5, 0.6) is 0 Å². The standard InChI is InChI=1S/C28H31F3N6O2/c1-17-22(16-35-37(17)24-11-8-20(15-32-24)28(29,30)31)23(38)12-18-13-33-25(34-14-18)19-6-9-21(10-7-19)36(5)26(39)27(2,3)4/h6,8,11,13-16,21H,7,9-10,12H2,1-5H3. The lowest BCUT2D eigenvalue weighted by Gasteiger charge is -2.34. The number of aromatic nitrogens is 5. The Morgan fingerprint density at radius 1 is 1.05 bits per heavy atom. The Morgan fingerprint density at radius 2 is 1.74 bits per heavy atom. The summed E-state index contributed by atoms with van der Waals surface area (Å²) >= 11 is 0. The highest BCUT2D eigenvalue weighted by molar-refractivity contribution is 5.98. The third-order valence-corrected chi connectivity index (χ3v) is 6.85. The van der Waals surface area contributed by atoms with Gasteiger partial charge in [-0.1, -0.05) is 26.8 Å². The minimum Gasteiger partial charge on any atom is -0.342 e. The molecule has 8 nitrogen and oxygen atoms in total. The van der Waals surface area contributed by atoms with Gasteiger partial charge in [-0.25, -0.2) is 19.6 Å². The second-order valence-electron chi connectivity index (χ2n) is 10.8. The van der Waals surface area contributed by atoms with Crippen LogP contribution in [0.3, 0.4) is 0 Å². The van der Waals surface area contributed by atoms with Crippen molar-refractivity contribution in [3.63, 3.8) is 0 Å². The summed E-state index contributed by atoms with van der Waals surface area (Å²) in [5.74, 6) is 0.690. The first-order chi connectivity index (χ1) is 18.3. The predicted octanol–water partition coefficient (Wildman–Crippen LogP) is 5.25. The molecule has 11 heteroatoms. The molecule has 0 bridgehead atoms. The van der Waals surface area contributed by atoms with Gasteiger partial charge in [-0.2, -0.15) is 18.3 Å². The Morgan fingerprint density at radius 3 is 2.28 bits per heavy atom. The Bertz CT molecular complexity index is 1390. The van der Waals surface area contributed by atoms with Gasteiger partial charge in [0.2, 0.25) is 5.91 Å². The van der Waals surface area contributed by atoms with Crippen LogP contribution in [-0.2, 0) is 17.4 Å². The smallest absolute Gasteiger partial charge is 0.342 e. The molecule has 1 unspecified atom stereocenters. The normalized spacial score (nSPS) is 16.1. The van der Waals surface area contributed by atoms with Crippen molar-refractivity contribution < 1.29 is 22.8 Å². The van der Waals surface area contributed by atoms with Crippen molar-refractivity contribution in [2.45, 2.75) is 65.6 Å². The number of alkyl halides is 3. The van der Waals surface area contributed by atoms with E-state index in [0.717, 1.165) is 37.1 Å². The SMILES string of the molecule is Cc1c(C(=O)Cc2cnc(C3=CCC(N(C)C(=O)C(C)(C)C)CC3)nc2)cnn1-c1ccc(C(F)(F)F)cn1. The van der Waals surface area contributed by atoms with Crippen LogP contribution in [-0.4, -0.2) is 54.4 Å². The van der Waals surface area contributed by atoms with Gasteiger partial charge in [-0.15, -0.1) is 0 Å². The minimum absolute atomic E-state index is 0.0497. The molecule has 1 aliphatic rings. The number of nitrogens with zero attached hydrogens (tertiary/aromatic N) is 6. The second-order valence-corrected chi connectivity index (χ2v) is 10.8. The lowest BCUT2D eigenvalue weighted by Crippen LogP contribution is -2.43. The molecule has 0 N–H and O–H groups in total. The number of halogens is 3. The molecule has 0 fully saturated rings. The van der Waals surface area contributed by atoms with Gasteiger partial charge < -0.3 is 4.90 Å². The number of hydrogen-bond donors (Lipinski definition) is 0. The maximum absolute atomic E-state index is 13.0. The number of ketones is 1. The van der Waals surface area contributed by atoms with E-state index in [1.165, 1.54) is 16.9 Å². The van der Waals surface area contributed by atoms with Crippen molar-refractivity contribution in [3.8, 4) is 5.82 Å². The molecule has 3 heterocycles.